The van der Waals surface area contributed by atoms with Crippen LogP contribution in [0.4, 0.5) is 0 Å². The summed E-state index contributed by atoms with van der Waals surface area (Å²) in [4.78, 5) is 36.7. The summed E-state index contributed by atoms with van der Waals surface area (Å²) in [6.07, 6.45) is 2.55. The second-order valence-electron chi connectivity index (χ2n) is 6.23. The van der Waals surface area contributed by atoms with Gasteiger partial charge in [-0.3, -0.25) is 14.4 Å². The van der Waals surface area contributed by atoms with Gasteiger partial charge in [0.05, 0.1) is 17.9 Å². The summed E-state index contributed by atoms with van der Waals surface area (Å²) in [5.41, 5.74) is -0.586. The van der Waals surface area contributed by atoms with Gasteiger partial charge in [-0.2, -0.15) is 0 Å². The summed E-state index contributed by atoms with van der Waals surface area (Å²) >= 11 is 0. The van der Waals surface area contributed by atoms with Crippen LogP contribution in [0.15, 0.2) is 0 Å². The third kappa shape index (κ3) is 2.94. The summed E-state index contributed by atoms with van der Waals surface area (Å²) in [7, 11) is 0. The molecule has 6 nitrogen and oxygen atoms in total. The fraction of sp³-hybridized carbons (Fsp3) is 0.786. The number of carboxylic acids is 1. The van der Waals surface area contributed by atoms with E-state index < -0.39 is 11.5 Å². The molecule has 0 aromatic rings. The maximum Gasteiger partial charge on any atom is 0.305 e. The first-order chi connectivity index (χ1) is 9.33. The predicted octanol–water partition coefficient (Wildman–Crippen LogP) is 0.757. The molecule has 20 heavy (non-hydrogen) atoms. The molecule has 1 aliphatic heterocycles. The SMILES string of the molecule is CC(C)N1CC(C(=O)NC2(CC(=O)O)CCC2)CC1=O. The Morgan fingerprint density at radius 3 is 2.50 bits per heavy atom. The van der Waals surface area contributed by atoms with E-state index >= 15 is 0 Å². The van der Waals surface area contributed by atoms with Gasteiger partial charge < -0.3 is 15.3 Å². The monoisotopic (exact) mass is 282 g/mol. The lowest BCUT2D eigenvalue weighted by molar-refractivity contribution is -0.141. The number of hydrogen-bond donors (Lipinski definition) is 2. The van der Waals surface area contributed by atoms with Gasteiger partial charge in [0.2, 0.25) is 11.8 Å². The van der Waals surface area contributed by atoms with Crippen LogP contribution < -0.4 is 5.32 Å². The van der Waals surface area contributed by atoms with E-state index in [1.165, 1.54) is 0 Å². The third-order valence-corrected chi connectivity index (χ3v) is 4.34. The third-order valence-electron chi connectivity index (χ3n) is 4.34. The molecule has 0 aromatic heterocycles. The highest BCUT2D eigenvalue weighted by Crippen LogP contribution is 2.35. The number of carboxylic acid groups (broad SMARTS) is 1. The van der Waals surface area contributed by atoms with Gasteiger partial charge in [0, 0.05) is 19.0 Å². The summed E-state index contributed by atoms with van der Waals surface area (Å²) in [5.74, 6) is -1.42. The molecule has 1 aliphatic carbocycles. The normalized spacial score (nSPS) is 24.6. The number of amides is 2. The molecule has 0 aromatic carbocycles. The summed E-state index contributed by atoms with van der Waals surface area (Å²) in [5, 5.41) is 11.8. The highest BCUT2D eigenvalue weighted by atomic mass is 16.4. The van der Waals surface area contributed by atoms with Gasteiger partial charge in [-0.25, -0.2) is 0 Å². The van der Waals surface area contributed by atoms with E-state index in [2.05, 4.69) is 5.32 Å². The van der Waals surface area contributed by atoms with E-state index in [9.17, 15) is 14.4 Å². The summed E-state index contributed by atoms with van der Waals surface area (Å²) in [6, 6.07) is 0.0944. The lowest BCUT2D eigenvalue weighted by Gasteiger charge is -2.42. The smallest absolute Gasteiger partial charge is 0.305 e. The van der Waals surface area contributed by atoms with Crippen LogP contribution >= 0.6 is 0 Å². The zero-order chi connectivity index (χ0) is 14.9. The quantitative estimate of drug-likeness (QED) is 0.779. The minimum atomic E-state index is -0.892. The Kier molecular flexibility index (Phi) is 4.01. The molecule has 2 fully saturated rings. The van der Waals surface area contributed by atoms with Gasteiger partial charge in [0.25, 0.3) is 0 Å². The molecule has 1 unspecified atom stereocenters. The minimum Gasteiger partial charge on any atom is -0.481 e. The summed E-state index contributed by atoms with van der Waals surface area (Å²) in [6.45, 7) is 4.29. The van der Waals surface area contributed by atoms with E-state index in [0.29, 0.717) is 19.4 Å². The van der Waals surface area contributed by atoms with E-state index in [4.69, 9.17) is 5.11 Å². The molecule has 1 atom stereocenters. The van der Waals surface area contributed by atoms with Crippen LogP contribution in [0.3, 0.4) is 0 Å². The van der Waals surface area contributed by atoms with Crippen LogP contribution in [-0.4, -0.2) is 45.9 Å². The molecule has 1 saturated carbocycles. The molecule has 6 heteroatoms. The van der Waals surface area contributed by atoms with Crippen molar-refractivity contribution in [2.75, 3.05) is 6.54 Å². The predicted molar refractivity (Wildman–Crippen MR) is 71.9 cm³/mol. The molecule has 2 N–H and O–H groups in total. The molecule has 0 spiro atoms. The van der Waals surface area contributed by atoms with Gasteiger partial charge in [0.15, 0.2) is 0 Å². The fourth-order valence-corrected chi connectivity index (χ4v) is 3.01. The van der Waals surface area contributed by atoms with E-state index in [1.807, 2.05) is 13.8 Å². The summed E-state index contributed by atoms with van der Waals surface area (Å²) < 4.78 is 0. The first-order valence-electron chi connectivity index (χ1n) is 7.16. The Hall–Kier alpha value is -1.59. The van der Waals surface area contributed by atoms with Crippen LogP contribution in [0.1, 0.15) is 46.0 Å². The average Bonchev–Trinajstić information content (AvgIpc) is 2.68. The molecule has 1 heterocycles. The lowest BCUT2D eigenvalue weighted by Crippen LogP contribution is -2.56. The van der Waals surface area contributed by atoms with Gasteiger partial charge in [-0.05, 0) is 33.1 Å². The van der Waals surface area contributed by atoms with E-state index in [0.717, 1.165) is 6.42 Å². The van der Waals surface area contributed by atoms with Gasteiger partial charge >= 0.3 is 5.97 Å². The first kappa shape index (κ1) is 14.8. The molecule has 112 valence electrons. The zero-order valence-corrected chi connectivity index (χ0v) is 12.0. The number of carbonyl (C=O) groups is 3. The average molecular weight is 282 g/mol. The number of nitrogens with zero attached hydrogens (tertiary/aromatic N) is 1. The highest BCUT2D eigenvalue weighted by Gasteiger charge is 2.43. The van der Waals surface area contributed by atoms with Crippen LogP contribution in [-0.2, 0) is 14.4 Å². The molecular formula is C14H22N2O4. The van der Waals surface area contributed by atoms with E-state index in [-0.39, 0.29) is 36.6 Å². The Morgan fingerprint density at radius 1 is 1.45 bits per heavy atom. The second kappa shape index (κ2) is 5.42. The molecule has 2 aliphatic rings. The molecular weight excluding hydrogens is 260 g/mol. The molecule has 2 amide bonds. The Labute approximate surface area is 118 Å². The van der Waals surface area contributed by atoms with Crippen molar-refractivity contribution < 1.29 is 19.5 Å². The Morgan fingerprint density at radius 2 is 2.10 bits per heavy atom. The Bertz CT molecular complexity index is 429. The van der Waals surface area contributed by atoms with Crippen LogP contribution in [0.2, 0.25) is 0 Å². The number of rotatable bonds is 5. The molecule has 0 radical (unpaired) electrons. The van der Waals surface area contributed by atoms with Gasteiger partial charge in [-0.15, -0.1) is 0 Å². The number of nitrogens with one attached hydrogen (secondary N) is 1. The molecule has 1 saturated heterocycles. The highest BCUT2D eigenvalue weighted by molar-refractivity contribution is 5.90. The standard InChI is InChI=1S/C14H22N2O4/c1-9(2)16-8-10(6-11(16)17)13(20)15-14(4-3-5-14)7-12(18)19/h9-10H,3-8H2,1-2H3,(H,15,20)(H,18,19). The van der Waals surface area contributed by atoms with Crippen molar-refractivity contribution in [3.63, 3.8) is 0 Å². The molecule has 0 bridgehead atoms. The van der Waals surface area contributed by atoms with Crippen molar-refractivity contribution >= 4 is 17.8 Å². The van der Waals surface area contributed by atoms with Crippen LogP contribution in [0.25, 0.3) is 0 Å². The maximum absolute atomic E-state index is 12.3. The maximum atomic E-state index is 12.3. The van der Waals surface area contributed by atoms with Crippen molar-refractivity contribution in [3.8, 4) is 0 Å². The lowest BCUT2D eigenvalue weighted by atomic mass is 9.74. The van der Waals surface area contributed by atoms with Crippen molar-refractivity contribution in [1.82, 2.24) is 10.2 Å². The number of carbonyl (C=O) groups excluding carboxylic acids is 2. The number of hydrogen-bond acceptors (Lipinski definition) is 3. The number of aliphatic carboxylic acids is 1. The van der Waals surface area contributed by atoms with Gasteiger partial charge in [-0.1, -0.05) is 0 Å². The second-order valence-corrected chi connectivity index (χ2v) is 6.23. The van der Waals surface area contributed by atoms with E-state index in [1.54, 1.807) is 4.90 Å². The van der Waals surface area contributed by atoms with Crippen LogP contribution in [0, 0.1) is 5.92 Å². The Balaban J connectivity index is 1.95. The minimum absolute atomic E-state index is 0.000967. The topological polar surface area (TPSA) is 86.7 Å². The van der Waals surface area contributed by atoms with Gasteiger partial charge in [0.1, 0.15) is 0 Å². The largest absolute Gasteiger partial charge is 0.481 e. The first-order valence-corrected chi connectivity index (χ1v) is 7.16. The fourth-order valence-electron chi connectivity index (χ4n) is 3.01. The van der Waals surface area contributed by atoms with Crippen molar-refractivity contribution in [1.29, 1.82) is 0 Å². The van der Waals surface area contributed by atoms with Crippen molar-refractivity contribution in [3.05, 3.63) is 0 Å². The zero-order valence-electron chi connectivity index (χ0n) is 12.0. The molecule has 2 rings (SSSR count). The van der Waals surface area contributed by atoms with Crippen LogP contribution in [0.5, 0.6) is 0 Å². The number of likely N-dealkylation sites (tertiary alicyclic amines) is 1. The van der Waals surface area contributed by atoms with Crippen molar-refractivity contribution in [2.45, 2.75) is 57.5 Å². The van der Waals surface area contributed by atoms with Crippen molar-refractivity contribution in [2.24, 2.45) is 5.92 Å².